The highest BCUT2D eigenvalue weighted by molar-refractivity contribution is 5.53. The zero-order chi connectivity index (χ0) is 12.8. The molecule has 1 aromatic heterocycles. The first-order valence-electron chi connectivity index (χ1n) is 6.09. The van der Waals surface area contributed by atoms with E-state index >= 15 is 0 Å². The largest absolute Gasteiger partial charge is 0.383 e. The van der Waals surface area contributed by atoms with Crippen molar-refractivity contribution in [1.82, 2.24) is 9.97 Å². The molecule has 0 spiro atoms. The summed E-state index contributed by atoms with van der Waals surface area (Å²) in [5.74, 6) is 2.08. The zero-order valence-electron chi connectivity index (χ0n) is 11.3. The Morgan fingerprint density at radius 2 is 1.82 bits per heavy atom. The molecule has 0 aliphatic heterocycles. The SMILES string of the molecule is Cc1c(N)ncnc1NCC1C(C)(C)C1(C)C. The van der Waals surface area contributed by atoms with Crippen LogP contribution in [0.2, 0.25) is 0 Å². The van der Waals surface area contributed by atoms with Crippen LogP contribution in [0.5, 0.6) is 0 Å². The summed E-state index contributed by atoms with van der Waals surface area (Å²) in [5.41, 5.74) is 7.48. The predicted molar refractivity (Wildman–Crippen MR) is 70.7 cm³/mol. The van der Waals surface area contributed by atoms with Gasteiger partial charge in [0.15, 0.2) is 0 Å². The number of nitrogens with one attached hydrogen (secondary N) is 1. The monoisotopic (exact) mass is 234 g/mol. The van der Waals surface area contributed by atoms with Crippen molar-refractivity contribution in [2.75, 3.05) is 17.6 Å². The first-order valence-corrected chi connectivity index (χ1v) is 6.09. The minimum Gasteiger partial charge on any atom is -0.383 e. The molecule has 94 valence electrons. The Balaban J connectivity index is 2.03. The Kier molecular flexibility index (Phi) is 2.56. The standard InChI is InChI=1S/C13H22N4/c1-8-10(14)16-7-17-11(8)15-6-9-12(2,3)13(9,4)5/h7,9H,6H2,1-5H3,(H3,14,15,16,17). The molecule has 0 saturated heterocycles. The minimum atomic E-state index is 0.395. The van der Waals surface area contributed by atoms with Crippen molar-refractivity contribution in [2.24, 2.45) is 16.7 Å². The van der Waals surface area contributed by atoms with Crippen LogP contribution in [0.15, 0.2) is 6.33 Å². The molecule has 0 aromatic carbocycles. The highest BCUT2D eigenvalue weighted by Crippen LogP contribution is 2.68. The van der Waals surface area contributed by atoms with Crippen LogP contribution in [0.25, 0.3) is 0 Å². The molecule has 0 atom stereocenters. The number of nitrogens with zero attached hydrogens (tertiary/aromatic N) is 2. The van der Waals surface area contributed by atoms with Crippen molar-refractivity contribution in [3.63, 3.8) is 0 Å². The molecule has 1 heterocycles. The fourth-order valence-corrected chi connectivity index (χ4v) is 2.68. The van der Waals surface area contributed by atoms with Gasteiger partial charge in [0, 0.05) is 12.1 Å². The van der Waals surface area contributed by atoms with E-state index in [1.54, 1.807) is 0 Å². The van der Waals surface area contributed by atoms with Gasteiger partial charge in [0.1, 0.15) is 18.0 Å². The molecule has 0 bridgehead atoms. The number of rotatable bonds is 3. The van der Waals surface area contributed by atoms with Gasteiger partial charge in [-0.15, -0.1) is 0 Å². The van der Waals surface area contributed by atoms with E-state index in [1.165, 1.54) is 6.33 Å². The van der Waals surface area contributed by atoms with Gasteiger partial charge in [-0.2, -0.15) is 0 Å². The summed E-state index contributed by atoms with van der Waals surface area (Å²) < 4.78 is 0. The van der Waals surface area contributed by atoms with Gasteiger partial charge in [0.2, 0.25) is 0 Å². The number of nitrogens with two attached hydrogens (primary N) is 1. The van der Waals surface area contributed by atoms with E-state index in [-0.39, 0.29) is 0 Å². The van der Waals surface area contributed by atoms with Gasteiger partial charge in [-0.25, -0.2) is 9.97 Å². The molecular formula is C13H22N4. The lowest BCUT2D eigenvalue weighted by Crippen LogP contribution is -2.11. The van der Waals surface area contributed by atoms with E-state index in [0.717, 1.165) is 17.9 Å². The average molecular weight is 234 g/mol. The molecule has 4 nitrogen and oxygen atoms in total. The van der Waals surface area contributed by atoms with E-state index in [0.29, 0.717) is 22.6 Å². The van der Waals surface area contributed by atoms with Crippen LogP contribution in [0, 0.1) is 23.7 Å². The van der Waals surface area contributed by atoms with E-state index in [1.807, 2.05) is 6.92 Å². The van der Waals surface area contributed by atoms with Crippen molar-refractivity contribution < 1.29 is 0 Å². The average Bonchev–Trinajstić information content (AvgIpc) is 2.61. The molecule has 1 saturated carbocycles. The topological polar surface area (TPSA) is 63.8 Å². The number of anilines is 2. The number of hydrogen-bond donors (Lipinski definition) is 2. The Hall–Kier alpha value is -1.32. The third-order valence-corrected chi connectivity index (χ3v) is 4.92. The smallest absolute Gasteiger partial charge is 0.134 e. The van der Waals surface area contributed by atoms with Crippen LogP contribution in [0.4, 0.5) is 11.6 Å². The van der Waals surface area contributed by atoms with Gasteiger partial charge < -0.3 is 11.1 Å². The van der Waals surface area contributed by atoms with Crippen molar-refractivity contribution >= 4 is 11.6 Å². The lowest BCUT2D eigenvalue weighted by atomic mass is 10.0. The minimum absolute atomic E-state index is 0.395. The summed E-state index contributed by atoms with van der Waals surface area (Å²) in [7, 11) is 0. The van der Waals surface area contributed by atoms with Crippen molar-refractivity contribution in [3.8, 4) is 0 Å². The normalized spacial score (nSPS) is 21.2. The molecule has 3 N–H and O–H groups in total. The Bertz CT molecular complexity index is 423. The second-order valence-corrected chi connectivity index (χ2v) is 6.11. The lowest BCUT2D eigenvalue weighted by Gasteiger charge is -2.10. The number of hydrogen-bond acceptors (Lipinski definition) is 4. The first kappa shape index (κ1) is 12.1. The fourth-order valence-electron chi connectivity index (χ4n) is 2.68. The van der Waals surface area contributed by atoms with Gasteiger partial charge in [-0.05, 0) is 23.7 Å². The summed E-state index contributed by atoms with van der Waals surface area (Å²) in [6.07, 6.45) is 1.51. The molecule has 2 rings (SSSR count). The Morgan fingerprint density at radius 3 is 2.35 bits per heavy atom. The third kappa shape index (κ3) is 1.75. The molecule has 0 amide bonds. The maximum atomic E-state index is 5.76. The summed E-state index contributed by atoms with van der Waals surface area (Å²) >= 11 is 0. The molecule has 4 heteroatoms. The van der Waals surface area contributed by atoms with E-state index < -0.39 is 0 Å². The van der Waals surface area contributed by atoms with Crippen molar-refractivity contribution in [3.05, 3.63) is 11.9 Å². The maximum absolute atomic E-state index is 5.76. The molecular weight excluding hydrogens is 212 g/mol. The summed E-state index contributed by atoms with van der Waals surface area (Å²) in [6, 6.07) is 0. The van der Waals surface area contributed by atoms with Gasteiger partial charge in [-0.1, -0.05) is 27.7 Å². The van der Waals surface area contributed by atoms with Crippen LogP contribution >= 0.6 is 0 Å². The second kappa shape index (κ2) is 3.59. The molecule has 1 fully saturated rings. The predicted octanol–water partition coefficient (Wildman–Crippen LogP) is 2.46. The van der Waals surface area contributed by atoms with Crippen LogP contribution < -0.4 is 11.1 Å². The van der Waals surface area contributed by atoms with E-state index in [2.05, 4.69) is 43.0 Å². The maximum Gasteiger partial charge on any atom is 0.134 e. The van der Waals surface area contributed by atoms with Gasteiger partial charge >= 0.3 is 0 Å². The fraction of sp³-hybridized carbons (Fsp3) is 0.692. The Labute approximate surface area is 103 Å². The quantitative estimate of drug-likeness (QED) is 0.843. The van der Waals surface area contributed by atoms with Crippen LogP contribution in [-0.2, 0) is 0 Å². The first-order chi connectivity index (χ1) is 7.78. The Morgan fingerprint density at radius 1 is 1.24 bits per heavy atom. The summed E-state index contributed by atoms with van der Waals surface area (Å²) in [6.45, 7) is 12.2. The molecule has 1 aromatic rings. The molecule has 0 unspecified atom stereocenters. The van der Waals surface area contributed by atoms with Gasteiger partial charge in [-0.3, -0.25) is 0 Å². The number of aromatic nitrogens is 2. The molecule has 1 aliphatic carbocycles. The second-order valence-electron chi connectivity index (χ2n) is 6.11. The van der Waals surface area contributed by atoms with Gasteiger partial charge in [0.25, 0.3) is 0 Å². The summed E-state index contributed by atoms with van der Waals surface area (Å²) in [5, 5.41) is 3.40. The number of nitrogen functional groups attached to an aromatic ring is 1. The van der Waals surface area contributed by atoms with Crippen LogP contribution in [0.1, 0.15) is 33.3 Å². The van der Waals surface area contributed by atoms with Gasteiger partial charge in [0.05, 0.1) is 0 Å². The zero-order valence-corrected chi connectivity index (χ0v) is 11.3. The van der Waals surface area contributed by atoms with E-state index in [4.69, 9.17) is 5.73 Å². The van der Waals surface area contributed by atoms with Crippen LogP contribution in [-0.4, -0.2) is 16.5 Å². The highest BCUT2D eigenvalue weighted by Gasteiger charge is 2.64. The highest BCUT2D eigenvalue weighted by atomic mass is 15.0. The lowest BCUT2D eigenvalue weighted by molar-refractivity contribution is 0.457. The third-order valence-electron chi connectivity index (χ3n) is 4.92. The van der Waals surface area contributed by atoms with Crippen molar-refractivity contribution in [1.29, 1.82) is 0 Å². The molecule has 1 aliphatic rings. The molecule has 0 radical (unpaired) electrons. The van der Waals surface area contributed by atoms with Crippen LogP contribution in [0.3, 0.4) is 0 Å². The van der Waals surface area contributed by atoms with E-state index in [9.17, 15) is 0 Å². The molecule has 17 heavy (non-hydrogen) atoms. The summed E-state index contributed by atoms with van der Waals surface area (Å²) in [4.78, 5) is 8.20. The van der Waals surface area contributed by atoms with Crippen molar-refractivity contribution in [2.45, 2.75) is 34.6 Å².